The Morgan fingerprint density at radius 3 is 1.83 bits per heavy atom. The molecule has 6 rings (SSSR count). The van der Waals surface area contributed by atoms with Gasteiger partial charge in [0, 0.05) is 18.8 Å². The molecule has 2 saturated carbocycles. The summed E-state index contributed by atoms with van der Waals surface area (Å²) in [6.45, 7) is -1.80. The summed E-state index contributed by atoms with van der Waals surface area (Å²) in [7, 11) is 0. The fourth-order valence-corrected chi connectivity index (χ4v) is 8.40. The summed E-state index contributed by atoms with van der Waals surface area (Å²) in [6.07, 6.45) is -27.1. The van der Waals surface area contributed by atoms with Gasteiger partial charge in [-0.05, 0) is 31.6 Å². The molecule has 52 heavy (non-hydrogen) atoms. The van der Waals surface area contributed by atoms with Gasteiger partial charge in [0.05, 0.1) is 62.5 Å². The van der Waals surface area contributed by atoms with Crippen molar-refractivity contribution in [3.8, 4) is 0 Å². The highest BCUT2D eigenvalue weighted by molar-refractivity contribution is 5.00. The Morgan fingerprint density at radius 1 is 0.500 bits per heavy atom. The topological polar surface area (TPSA) is 328 Å². The third-order valence-electron chi connectivity index (χ3n) is 11.5. The van der Waals surface area contributed by atoms with Crippen molar-refractivity contribution in [2.24, 2.45) is 11.8 Å². The first-order valence-corrected chi connectivity index (χ1v) is 18.0. The van der Waals surface area contributed by atoms with Crippen LogP contribution in [-0.4, -0.2) is 215 Å². The lowest BCUT2D eigenvalue weighted by molar-refractivity contribution is -0.372. The van der Waals surface area contributed by atoms with Crippen molar-refractivity contribution < 1.29 is 99.5 Å². The highest BCUT2D eigenvalue weighted by atomic mass is 16.8. The SMILES string of the molecule is OC[C@H]1O[C@@H](OC2CC(O)C3CC(O[C@@H]4O[C@H](CO)[C@@H](O)[C@H](O)[C@H]4O[C@@H]4OC[C@@H](O)[C@H](O)[C@H]4O)C(C4CCC(O)C(O)C4)OC3C2)[C@H](O)[C@@H](O)[C@@H]1O. The van der Waals surface area contributed by atoms with Gasteiger partial charge in [-0.2, -0.15) is 0 Å². The Labute approximate surface area is 298 Å². The van der Waals surface area contributed by atoms with E-state index in [4.69, 9.17) is 33.2 Å². The van der Waals surface area contributed by atoms with Crippen molar-refractivity contribution in [2.45, 2.75) is 167 Å². The summed E-state index contributed by atoms with van der Waals surface area (Å²) in [5.74, 6) is -0.984. The van der Waals surface area contributed by atoms with E-state index >= 15 is 0 Å². The molecular weight excluding hydrogens is 704 g/mol. The average molecular weight is 759 g/mol. The normalized spacial score (nSPS) is 54.8. The van der Waals surface area contributed by atoms with Crippen molar-refractivity contribution in [1.29, 1.82) is 0 Å². The second-order valence-corrected chi connectivity index (χ2v) is 15.0. The van der Waals surface area contributed by atoms with E-state index in [0.717, 1.165) is 0 Å². The number of aliphatic hydroxyl groups excluding tert-OH is 13. The van der Waals surface area contributed by atoms with Crippen LogP contribution in [0.15, 0.2) is 0 Å². The first-order valence-electron chi connectivity index (χ1n) is 18.0. The summed E-state index contributed by atoms with van der Waals surface area (Å²) < 4.78 is 41.5. The lowest BCUT2D eigenvalue weighted by Gasteiger charge is -2.52. The molecule has 20 nitrogen and oxygen atoms in total. The van der Waals surface area contributed by atoms with E-state index in [0.29, 0.717) is 6.42 Å². The predicted molar refractivity (Wildman–Crippen MR) is 165 cm³/mol. The lowest BCUT2D eigenvalue weighted by Crippen LogP contribution is -2.65. The minimum atomic E-state index is -1.77. The first kappa shape index (κ1) is 40.9. The number of rotatable bonds is 9. The van der Waals surface area contributed by atoms with Gasteiger partial charge in [-0.1, -0.05) is 0 Å². The fourth-order valence-electron chi connectivity index (χ4n) is 8.40. The lowest BCUT2D eigenvalue weighted by atomic mass is 9.72. The molecule has 4 heterocycles. The molecule has 2 aliphatic carbocycles. The van der Waals surface area contributed by atoms with Crippen LogP contribution in [0.3, 0.4) is 0 Å². The number of aliphatic hydroxyl groups is 13. The second kappa shape index (κ2) is 17.1. The Hall–Kier alpha value is -0.800. The molecule has 0 radical (unpaired) electrons. The minimum absolute atomic E-state index is 0.0273. The molecule has 23 atom stereocenters. The van der Waals surface area contributed by atoms with Gasteiger partial charge >= 0.3 is 0 Å². The molecule has 0 amide bonds. The number of hydrogen-bond acceptors (Lipinski definition) is 20. The van der Waals surface area contributed by atoms with Gasteiger partial charge in [-0.15, -0.1) is 0 Å². The average Bonchev–Trinajstić information content (AvgIpc) is 3.12. The highest BCUT2D eigenvalue weighted by Crippen LogP contribution is 2.44. The highest BCUT2D eigenvalue weighted by Gasteiger charge is 2.55. The van der Waals surface area contributed by atoms with Gasteiger partial charge in [0.1, 0.15) is 67.1 Å². The van der Waals surface area contributed by atoms with Gasteiger partial charge in [0.15, 0.2) is 18.9 Å². The van der Waals surface area contributed by atoms with Crippen LogP contribution < -0.4 is 0 Å². The molecular formula is C32H54O20. The maximum atomic E-state index is 11.4. The molecule has 20 heteroatoms. The number of ether oxygens (including phenoxy) is 7. The van der Waals surface area contributed by atoms with Crippen LogP contribution in [0.4, 0.5) is 0 Å². The molecule has 0 aromatic carbocycles. The molecule has 0 bridgehead atoms. The van der Waals surface area contributed by atoms with E-state index in [1.54, 1.807) is 0 Å². The predicted octanol–water partition coefficient (Wildman–Crippen LogP) is -6.73. The quantitative estimate of drug-likeness (QED) is 0.104. The van der Waals surface area contributed by atoms with Crippen LogP contribution in [-0.2, 0) is 33.2 Å². The summed E-state index contributed by atoms with van der Waals surface area (Å²) in [5.41, 5.74) is 0. The summed E-state index contributed by atoms with van der Waals surface area (Å²) in [6, 6.07) is 0. The molecule has 0 spiro atoms. The standard InChI is InChI=1S/C32H54O20/c33-7-19-22(40)24(42)27(45)31(50-19)47-11-4-14(36)12-6-18(28(48-17(12)5-11)10-1-2-13(35)15(37)3-10)49-32-29(25(43)23(41)20(8-34)51-32)52-30-26(44)21(39)16(38)9-46-30/h10-45H,1-9H2/t10?,11?,12?,13?,14?,15?,16-,17?,18?,19-,20-,21+,22-,23-,24+,25+,26-,27-,28?,29-,30+,31-,32-/m1/s1. The minimum Gasteiger partial charge on any atom is -0.394 e. The van der Waals surface area contributed by atoms with Crippen molar-refractivity contribution >= 4 is 0 Å². The monoisotopic (exact) mass is 758 g/mol. The zero-order valence-corrected chi connectivity index (χ0v) is 28.3. The summed E-state index contributed by atoms with van der Waals surface area (Å²) in [5, 5.41) is 135. The van der Waals surface area contributed by atoms with Crippen LogP contribution >= 0.6 is 0 Å². The molecule has 6 aliphatic rings. The molecule has 9 unspecified atom stereocenters. The Morgan fingerprint density at radius 2 is 1.15 bits per heavy atom. The Bertz CT molecular complexity index is 1140. The van der Waals surface area contributed by atoms with Gasteiger partial charge < -0.3 is 99.5 Å². The van der Waals surface area contributed by atoms with Gasteiger partial charge in [0.25, 0.3) is 0 Å². The largest absolute Gasteiger partial charge is 0.394 e. The van der Waals surface area contributed by atoms with E-state index in [2.05, 4.69) is 0 Å². The molecule has 0 aromatic heterocycles. The Kier molecular flexibility index (Phi) is 13.5. The van der Waals surface area contributed by atoms with Gasteiger partial charge in [-0.25, -0.2) is 0 Å². The molecule has 13 N–H and O–H groups in total. The first-order chi connectivity index (χ1) is 24.7. The van der Waals surface area contributed by atoms with Crippen LogP contribution in [0, 0.1) is 11.8 Å². The molecule has 4 saturated heterocycles. The third-order valence-corrected chi connectivity index (χ3v) is 11.5. The Balaban J connectivity index is 1.21. The smallest absolute Gasteiger partial charge is 0.187 e. The van der Waals surface area contributed by atoms with Crippen molar-refractivity contribution in [3.05, 3.63) is 0 Å². The number of fused-ring (bicyclic) bond motifs is 1. The second-order valence-electron chi connectivity index (χ2n) is 15.0. The van der Waals surface area contributed by atoms with Crippen molar-refractivity contribution in [2.75, 3.05) is 19.8 Å². The van der Waals surface area contributed by atoms with Crippen LogP contribution in [0.5, 0.6) is 0 Å². The van der Waals surface area contributed by atoms with E-state index in [-0.39, 0.29) is 32.1 Å². The summed E-state index contributed by atoms with van der Waals surface area (Å²) in [4.78, 5) is 0. The molecule has 6 fully saturated rings. The van der Waals surface area contributed by atoms with Crippen LogP contribution in [0.25, 0.3) is 0 Å². The van der Waals surface area contributed by atoms with Gasteiger partial charge in [-0.3, -0.25) is 0 Å². The van der Waals surface area contributed by atoms with Crippen LogP contribution in [0.1, 0.15) is 38.5 Å². The third kappa shape index (κ3) is 8.32. The van der Waals surface area contributed by atoms with E-state index < -0.39 is 160 Å². The molecule has 4 aliphatic heterocycles. The van der Waals surface area contributed by atoms with E-state index in [1.165, 1.54) is 0 Å². The summed E-state index contributed by atoms with van der Waals surface area (Å²) >= 11 is 0. The van der Waals surface area contributed by atoms with Crippen molar-refractivity contribution in [3.63, 3.8) is 0 Å². The van der Waals surface area contributed by atoms with E-state index in [9.17, 15) is 66.4 Å². The molecule has 302 valence electrons. The van der Waals surface area contributed by atoms with Crippen LogP contribution in [0.2, 0.25) is 0 Å². The zero-order valence-electron chi connectivity index (χ0n) is 28.3. The fraction of sp³-hybridized carbons (Fsp3) is 1.00. The van der Waals surface area contributed by atoms with E-state index in [1.807, 2.05) is 0 Å². The zero-order chi connectivity index (χ0) is 37.6. The maximum Gasteiger partial charge on any atom is 0.187 e. The molecule has 0 aromatic rings. The van der Waals surface area contributed by atoms with Crippen molar-refractivity contribution in [1.82, 2.24) is 0 Å². The maximum absolute atomic E-state index is 11.4. The van der Waals surface area contributed by atoms with Gasteiger partial charge in [0.2, 0.25) is 0 Å². The number of hydrogen-bond donors (Lipinski definition) is 13.